The van der Waals surface area contributed by atoms with Crippen molar-refractivity contribution in [2.75, 3.05) is 13.3 Å². The SMILES string of the molecule is CC(O)CN(Cc1ccc2c(c1)OCO2)Cc1cncn1Cc1ccccc1. The molecule has 6 nitrogen and oxygen atoms in total. The summed E-state index contributed by atoms with van der Waals surface area (Å²) in [5.41, 5.74) is 3.48. The van der Waals surface area contributed by atoms with Crippen molar-refractivity contribution < 1.29 is 14.6 Å². The van der Waals surface area contributed by atoms with Crippen LogP contribution in [0.1, 0.15) is 23.7 Å². The van der Waals surface area contributed by atoms with Gasteiger partial charge in [0.15, 0.2) is 11.5 Å². The third-order valence-corrected chi connectivity index (χ3v) is 4.75. The molecule has 0 saturated carbocycles. The Hall–Kier alpha value is -2.83. The Morgan fingerprint density at radius 3 is 2.71 bits per heavy atom. The molecule has 0 spiro atoms. The summed E-state index contributed by atoms with van der Waals surface area (Å²) in [5.74, 6) is 1.57. The summed E-state index contributed by atoms with van der Waals surface area (Å²) in [6, 6.07) is 16.3. The lowest BCUT2D eigenvalue weighted by Crippen LogP contribution is -2.31. The first-order valence-corrected chi connectivity index (χ1v) is 9.49. The van der Waals surface area contributed by atoms with Gasteiger partial charge in [0.1, 0.15) is 0 Å². The van der Waals surface area contributed by atoms with Crippen molar-refractivity contribution in [3.05, 3.63) is 77.9 Å². The minimum atomic E-state index is -0.417. The van der Waals surface area contributed by atoms with Crippen LogP contribution in [0.2, 0.25) is 0 Å². The quantitative estimate of drug-likeness (QED) is 0.652. The fraction of sp³-hybridized carbons (Fsp3) is 0.318. The van der Waals surface area contributed by atoms with Gasteiger partial charge in [0.2, 0.25) is 6.79 Å². The molecule has 0 fully saturated rings. The van der Waals surface area contributed by atoms with E-state index in [-0.39, 0.29) is 6.79 Å². The predicted molar refractivity (Wildman–Crippen MR) is 106 cm³/mol. The first-order valence-electron chi connectivity index (χ1n) is 9.49. The Morgan fingerprint density at radius 1 is 1.07 bits per heavy atom. The maximum absolute atomic E-state index is 9.98. The van der Waals surface area contributed by atoms with Crippen LogP contribution >= 0.6 is 0 Å². The number of aliphatic hydroxyl groups excluding tert-OH is 1. The molecular formula is C22H25N3O3. The smallest absolute Gasteiger partial charge is 0.231 e. The van der Waals surface area contributed by atoms with Crippen molar-refractivity contribution in [2.45, 2.75) is 32.7 Å². The molecule has 2 aromatic carbocycles. The van der Waals surface area contributed by atoms with Gasteiger partial charge in [-0.2, -0.15) is 0 Å². The third kappa shape index (κ3) is 4.52. The van der Waals surface area contributed by atoms with E-state index in [0.29, 0.717) is 19.6 Å². The number of fused-ring (bicyclic) bond motifs is 1. The predicted octanol–water partition coefficient (Wildman–Crippen LogP) is 3.04. The summed E-state index contributed by atoms with van der Waals surface area (Å²) < 4.78 is 13.0. The number of rotatable bonds is 8. The first kappa shape index (κ1) is 18.5. The van der Waals surface area contributed by atoms with Crippen molar-refractivity contribution in [3.8, 4) is 11.5 Å². The minimum absolute atomic E-state index is 0.273. The van der Waals surface area contributed by atoms with Crippen LogP contribution in [0.4, 0.5) is 0 Å². The van der Waals surface area contributed by atoms with E-state index in [1.54, 1.807) is 0 Å². The highest BCUT2D eigenvalue weighted by Gasteiger charge is 2.17. The number of hydrogen-bond acceptors (Lipinski definition) is 5. The van der Waals surface area contributed by atoms with Gasteiger partial charge >= 0.3 is 0 Å². The molecule has 3 aromatic rings. The number of imidazole rings is 1. The summed E-state index contributed by atoms with van der Waals surface area (Å²) >= 11 is 0. The van der Waals surface area contributed by atoms with Gasteiger partial charge < -0.3 is 19.1 Å². The normalized spacial score (nSPS) is 13.8. The lowest BCUT2D eigenvalue weighted by atomic mass is 10.1. The van der Waals surface area contributed by atoms with Crippen molar-refractivity contribution in [3.63, 3.8) is 0 Å². The number of ether oxygens (including phenoxy) is 2. The molecule has 6 heteroatoms. The molecule has 28 heavy (non-hydrogen) atoms. The second-order valence-corrected chi connectivity index (χ2v) is 7.20. The molecule has 1 aromatic heterocycles. The molecule has 2 heterocycles. The molecule has 146 valence electrons. The Morgan fingerprint density at radius 2 is 1.89 bits per heavy atom. The number of nitrogens with zero attached hydrogens (tertiary/aromatic N) is 3. The summed E-state index contributed by atoms with van der Waals surface area (Å²) in [6.07, 6.45) is 3.35. The maximum atomic E-state index is 9.98. The number of aromatic nitrogens is 2. The third-order valence-electron chi connectivity index (χ3n) is 4.75. The largest absolute Gasteiger partial charge is 0.454 e. The summed E-state index contributed by atoms with van der Waals surface area (Å²) in [5, 5.41) is 9.98. The minimum Gasteiger partial charge on any atom is -0.454 e. The van der Waals surface area contributed by atoms with E-state index in [1.807, 2.05) is 55.8 Å². The van der Waals surface area contributed by atoms with Gasteiger partial charge in [-0.3, -0.25) is 4.90 Å². The second-order valence-electron chi connectivity index (χ2n) is 7.20. The van der Waals surface area contributed by atoms with Crippen LogP contribution in [0.25, 0.3) is 0 Å². The van der Waals surface area contributed by atoms with Crippen molar-refractivity contribution in [1.29, 1.82) is 0 Å². The fourth-order valence-corrected chi connectivity index (χ4v) is 3.49. The first-order chi connectivity index (χ1) is 13.7. The van der Waals surface area contributed by atoms with E-state index in [0.717, 1.165) is 29.3 Å². The lowest BCUT2D eigenvalue weighted by molar-refractivity contribution is 0.116. The second kappa shape index (κ2) is 8.46. The van der Waals surface area contributed by atoms with Crippen LogP contribution in [0, 0.1) is 0 Å². The Labute approximate surface area is 165 Å². The van der Waals surface area contributed by atoms with Gasteiger partial charge in [-0.25, -0.2) is 4.98 Å². The van der Waals surface area contributed by atoms with E-state index in [9.17, 15) is 5.11 Å². The molecule has 4 rings (SSSR count). The van der Waals surface area contributed by atoms with E-state index >= 15 is 0 Å². The lowest BCUT2D eigenvalue weighted by Gasteiger charge is -2.24. The molecule has 0 bridgehead atoms. The molecule has 1 aliphatic rings. The molecule has 1 atom stereocenters. The molecule has 1 unspecified atom stereocenters. The summed E-state index contributed by atoms with van der Waals surface area (Å²) in [4.78, 5) is 6.56. The average Bonchev–Trinajstić information content (AvgIpc) is 3.31. The monoisotopic (exact) mass is 379 g/mol. The number of aliphatic hydroxyl groups is 1. The molecule has 0 saturated heterocycles. The van der Waals surface area contributed by atoms with Crippen LogP contribution in [0.3, 0.4) is 0 Å². The van der Waals surface area contributed by atoms with Crippen LogP contribution in [0.5, 0.6) is 11.5 Å². The van der Waals surface area contributed by atoms with E-state index in [4.69, 9.17) is 9.47 Å². The fourth-order valence-electron chi connectivity index (χ4n) is 3.49. The molecule has 1 aliphatic heterocycles. The van der Waals surface area contributed by atoms with Crippen LogP contribution in [0.15, 0.2) is 61.1 Å². The van der Waals surface area contributed by atoms with Gasteiger partial charge in [0.05, 0.1) is 18.1 Å². The summed E-state index contributed by atoms with van der Waals surface area (Å²) in [7, 11) is 0. The van der Waals surface area contributed by atoms with Crippen LogP contribution in [-0.4, -0.2) is 39.0 Å². The van der Waals surface area contributed by atoms with Crippen molar-refractivity contribution in [1.82, 2.24) is 14.5 Å². The molecule has 1 N–H and O–H groups in total. The topological polar surface area (TPSA) is 59.8 Å². The van der Waals surface area contributed by atoms with Gasteiger partial charge in [-0.15, -0.1) is 0 Å². The highest BCUT2D eigenvalue weighted by atomic mass is 16.7. The molecule has 0 radical (unpaired) electrons. The standard InChI is InChI=1S/C22H25N3O3/c1-17(26)11-24(12-19-7-8-21-22(9-19)28-16-27-21)14-20-10-23-15-25(20)13-18-5-3-2-4-6-18/h2-10,15,17,26H,11-14,16H2,1H3. The van der Waals surface area contributed by atoms with Crippen molar-refractivity contribution in [2.24, 2.45) is 0 Å². The zero-order valence-electron chi connectivity index (χ0n) is 16.0. The van der Waals surface area contributed by atoms with E-state index in [2.05, 4.69) is 26.6 Å². The van der Waals surface area contributed by atoms with E-state index in [1.165, 1.54) is 5.56 Å². The number of benzene rings is 2. The highest BCUT2D eigenvalue weighted by Crippen LogP contribution is 2.33. The Kier molecular flexibility index (Phi) is 5.60. The van der Waals surface area contributed by atoms with E-state index < -0.39 is 6.10 Å². The molecule has 0 aliphatic carbocycles. The average molecular weight is 379 g/mol. The zero-order chi connectivity index (χ0) is 19.3. The zero-order valence-corrected chi connectivity index (χ0v) is 16.0. The van der Waals surface area contributed by atoms with Crippen molar-refractivity contribution >= 4 is 0 Å². The van der Waals surface area contributed by atoms with Crippen LogP contribution < -0.4 is 9.47 Å². The molecular weight excluding hydrogens is 354 g/mol. The Balaban J connectivity index is 1.49. The van der Waals surface area contributed by atoms with Crippen LogP contribution in [-0.2, 0) is 19.6 Å². The summed E-state index contributed by atoms with van der Waals surface area (Å²) in [6.45, 7) is 4.85. The number of hydrogen-bond donors (Lipinski definition) is 1. The van der Waals surface area contributed by atoms with Gasteiger partial charge in [-0.05, 0) is 30.2 Å². The molecule has 0 amide bonds. The highest BCUT2D eigenvalue weighted by molar-refractivity contribution is 5.44. The maximum Gasteiger partial charge on any atom is 0.231 e. The van der Waals surface area contributed by atoms with Gasteiger partial charge in [0.25, 0.3) is 0 Å². The van der Waals surface area contributed by atoms with Gasteiger partial charge in [0, 0.05) is 32.4 Å². The Bertz CT molecular complexity index is 908. The van der Waals surface area contributed by atoms with Gasteiger partial charge in [-0.1, -0.05) is 36.4 Å².